The molecule has 6 nitrogen and oxygen atoms in total. The minimum atomic E-state index is -0.326. The number of para-hydroxylation sites is 2. The van der Waals surface area contributed by atoms with Crippen LogP contribution in [0.5, 0.6) is 5.75 Å². The van der Waals surface area contributed by atoms with Crippen LogP contribution >= 0.6 is 0 Å². The fourth-order valence-electron chi connectivity index (χ4n) is 2.09. The van der Waals surface area contributed by atoms with E-state index in [9.17, 15) is 9.59 Å². The van der Waals surface area contributed by atoms with Crippen molar-refractivity contribution in [3.05, 3.63) is 54.1 Å². The summed E-state index contributed by atoms with van der Waals surface area (Å²) in [5.41, 5.74) is 2.15. The maximum atomic E-state index is 12.1. The molecular weight excluding hydrogens is 318 g/mol. The second-order valence-electron chi connectivity index (χ2n) is 5.95. The van der Waals surface area contributed by atoms with Gasteiger partial charge in [-0.05, 0) is 45.0 Å². The zero-order valence-electron chi connectivity index (χ0n) is 14.6. The zero-order valence-corrected chi connectivity index (χ0v) is 14.6. The molecule has 0 spiro atoms. The largest absolute Gasteiger partial charge is 0.484 e. The van der Waals surface area contributed by atoms with Crippen molar-refractivity contribution >= 4 is 23.3 Å². The van der Waals surface area contributed by atoms with Crippen molar-refractivity contribution in [1.82, 2.24) is 5.32 Å². The van der Waals surface area contributed by atoms with Crippen LogP contribution in [-0.2, 0) is 4.79 Å². The third-order valence-corrected chi connectivity index (χ3v) is 3.26. The quantitative estimate of drug-likeness (QED) is 0.752. The van der Waals surface area contributed by atoms with E-state index in [1.807, 2.05) is 45.0 Å². The van der Waals surface area contributed by atoms with Gasteiger partial charge < -0.3 is 20.7 Å². The lowest BCUT2D eigenvalue weighted by Crippen LogP contribution is -2.34. The smallest absolute Gasteiger partial charge is 0.319 e. The second-order valence-corrected chi connectivity index (χ2v) is 5.95. The molecule has 0 heterocycles. The standard InChI is InChI=1S/C19H23N3O3/c1-13(2)20-19(24)22-17-7-5-4-6-16(17)21-18(23)12-25-15-10-8-14(3)9-11-15/h4-11,13H,12H2,1-3H3,(H,21,23)(H2,20,22,24). The van der Waals surface area contributed by atoms with E-state index in [1.165, 1.54) is 0 Å². The summed E-state index contributed by atoms with van der Waals surface area (Å²) in [6.07, 6.45) is 0. The Morgan fingerprint density at radius 1 is 0.960 bits per heavy atom. The van der Waals surface area contributed by atoms with Crippen molar-refractivity contribution < 1.29 is 14.3 Å². The van der Waals surface area contributed by atoms with E-state index in [2.05, 4.69) is 16.0 Å². The summed E-state index contributed by atoms with van der Waals surface area (Å²) >= 11 is 0. The van der Waals surface area contributed by atoms with Gasteiger partial charge in [0.1, 0.15) is 5.75 Å². The lowest BCUT2D eigenvalue weighted by molar-refractivity contribution is -0.118. The molecule has 132 valence electrons. The van der Waals surface area contributed by atoms with Gasteiger partial charge in [-0.15, -0.1) is 0 Å². The topological polar surface area (TPSA) is 79.5 Å². The molecule has 0 saturated heterocycles. The molecule has 6 heteroatoms. The Kier molecular flexibility index (Phi) is 6.39. The number of hydrogen-bond donors (Lipinski definition) is 3. The van der Waals surface area contributed by atoms with Crippen molar-refractivity contribution in [3.8, 4) is 5.75 Å². The Labute approximate surface area is 147 Å². The number of anilines is 2. The first-order chi connectivity index (χ1) is 11.9. The molecule has 2 aromatic rings. The van der Waals surface area contributed by atoms with E-state index in [0.29, 0.717) is 17.1 Å². The molecule has 0 atom stereocenters. The van der Waals surface area contributed by atoms with E-state index >= 15 is 0 Å². The number of ether oxygens (including phenoxy) is 1. The summed E-state index contributed by atoms with van der Waals surface area (Å²) in [6, 6.07) is 14.1. The Hall–Kier alpha value is -3.02. The highest BCUT2D eigenvalue weighted by atomic mass is 16.5. The van der Waals surface area contributed by atoms with Crippen molar-refractivity contribution in [2.45, 2.75) is 26.8 Å². The molecule has 25 heavy (non-hydrogen) atoms. The lowest BCUT2D eigenvalue weighted by atomic mass is 10.2. The molecule has 0 fully saturated rings. The van der Waals surface area contributed by atoms with E-state index in [4.69, 9.17) is 4.74 Å². The number of hydrogen-bond acceptors (Lipinski definition) is 3. The van der Waals surface area contributed by atoms with Gasteiger partial charge in [0.15, 0.2) is 6.61 Å². The first-order valence-corrected chi connectivity index (χ1v) is 8.10. The Balaban J connectivity index is 1.93. The molecule has 2 rings (SSSR count). The number of rotatable bonds is 6. The molecule has 0 aliphatic heterocycles. The number of aryl methyl sites for hydroxylation is 1. The van der Waals surface area contributed by atoms with Crippen LogP contribution in [0.4, 0.5) is 16.2 Å². The molecule has 0 unspecified atom stereocenters. The van der Waals surface area contributed by atoms with Crippen LogP contribution in [0, 0.1) is 6.92 Å². The summed E-state index contributed by atoms with van der Waals surface area (Å²) in [5, 5.41) is 8.20. The molecule has 3 amide bonds. The van der Waals surface area contributed by atoms with Crippen LogP contribution in [-0.4, -0.2) is 24.6 Å². The van der Waals surface area contributed by atoms with Crippen molar-refractivity contribution in [1.29, 1.82) is 0 Å². The van der Waals surface area contributed by atoms with Gasteiger partial charge in [-0.1, -0.05) is 29.8 Å². The van der Waals surface area contributed by atoms with Gasteiger partial charge in [0.25, 0.3) is 5.91 Å². The van der Waals surface area contributed by atoms with Gasteiger partial charge in [0.05, 0.1) is 11.4 Å². The second kappa shape index (κ2) is 8.73. The number of benzene rings is 2. The third kappa shape index (κ3) is 6.18. The van der Waals surface area contributed by atoms with Crippen LogP contribution in [0.15, 0.2) is 48.5 Å². The molecular formula is C19H23N3O3. The fourth-order valence-corrected chi connectivity index (χ4v) is 2.09. The monoisotopic (exact) mass is 341 g/mol. The highest BCUT2D eigenvalue weighted by Crippen LogP contribution is 2.21. The van der Waals surface area contributed by atoms with Gasteiger partial charge in [0.2, 0.25) is 0 Å². The Bertz CT molecular complexity index is 727. The number of carbonyl (C=O) groups excluding carboxylic acids is 2. The summed E-state index contributed by atoms with van der Waals surface area (Å²) in [6.45, 7) is 5.61. The predicted octanol–water partition coefficient (Wildman–Crippen LogP) is 3.54. The average molecular weight is 341 g/mol. The molecule has 3 N–H and O–H groups in total. The maximum Gasteiger partial charge on any atom is 0.319 e. The van der Waals surface area contributed by atoms with E-state index in [1.54, 1.807) is 24.3 Å². The summed E-state index contributed by atoms with van der Waals surface area (Å²) < 4.78 is 5.46. The van der Waals surface area contributed by atoms with Crippen LogP contribution in [0.2, 0.25) is 0 Å². The van der Waals surface area contributed by atoms with Crippen molar-refractivity contribution in [2.24, 2.45) is 0 Å². The van der Waals surface area contributed by atoms with Gasteiger partial charge in [-0.25, -0.2) is 4.79 Å². The fraction of sp³-hybridized carbons (Fsp3) is 0.263. The van der Waals surface area contributed by atoms with Gasteiger partial charge in [-0.3, -0.25) is 4.79 Å². The van der Waals surface area contributed by atoms with E-state index in [0.717, 1.165) is 5.56 Å². The third-order valence-electron chi connectivity index (χ3n) is 3.26. The highest BCUT2D eigenvalue weighted by Gasteiger charge is 2.10. The molecule has 2 aromatic carbocycles. The SMILES string of the molecule is Cc1ccc(OCC(=O)Nc2ccccc2NC(=O)NC(C)C)cc1. The summed E-state index contributed by atoms with van der Waals surface area (Å²) in [4.78, 5) is 23.9. The first kappa shape index (κ1) is 18.3. The van der Waals surface area contributed by atoms with Crippen LogP contribution < -0.4 is 20.7 Å². The Morgan fingerprint density at radius 2 is 1.56 bits per heavy atom. The summed E-state index contributed by atoms with van der Waals surface area (Å²) in [5.74, 6) is 0.322. The van der Waals surface area contributed by atoms with E-state index in [-0.39, 0.29) is 24.6 Å². The van der Waals surface area contributed by atoms with Gasteiger partial charge in [0, 0.05) is 6.04 Å². The maximum absolute atomic E-state index is 12.1. The molecule has 0 saturated carbocycles. The molecule has 0 aliphatic carbocycles. The summed E-state index contributed by atoms with van der Waals surface area (Å²) in [7, 11) is 0. The van der Waals surface area contributed by atoms with Gasteiger partial charge in [-0.2, -0.15) is 0 Å². The normalized spacial score (nSPS) is 10.2. The first-order valence-electron chi connectivity index (χ1n) is 8.10. The van der Waals surface area contributed by atoms with E-state index < -0.39 is 0 Å². The highest BCUT2D eigenvalue weighted by molar-refractivity contribution is 5.99. The zero-order chi connectivity index (χ0) is 18.2. The van der Waals surface area contributed by atoms with Crippen LogP contribution in [0.3, 0.4) is 0 Å². The van der Waals surface area contributed by atoms with Crippen molar-refractivity contribution in [3.63, 3.8) is 0 Å². The molecule has 0 radical (unpaired) electrons. The van der Waals surface area contributed by atoms with Gasteiger partial charge >= 0.3 is 6.03 Å². The lowest BCUT2D eigenvalue weighted by Gasteiger charge is -2.14. The molecule has 0 aromatic heterocycles. The van der Waals surface area contributed by atoms with Crippen molar-refractivity contribution in [2.75, 3.05) is 17.2 Å². The van der Waals surface area contributed by atoms with Crippen LogP contribution in [0.25, 0.3) is 0 Å². The Morgan fingerprint density at radius 3 is 2.16 bits per heavy atom. The minimum absolute atomic E-state index is 0.0182. The average Bonchev–Trinajstić information content (AvgIpc) is 2.55. The number of urea groups is 1. The number of nitrogens with one attached hydrogen (secondary N) is 3. The van der Waals surface area contributed by atoms with Crippen LogP contribution in [0.1, 0.15) is 19.4 Å². The molecule has 0 aliphatic rings. The minimum Gasteiger partial charge on any atom is -0.484 e. The number of carbonyl (C=O) groups is 2. The molecule has 0 bridgehead atoms. The predicted molar refractivity (Wildman–Crippen MR) is 99.0 cm³/mol. The number of amides is 3.